The molecule has 8 heteroatoms. The molecule has 158 valence electrons. The predicted molar refractivity (Wildman–Crippen MR) is 111 cm³/mol. The van der Waals surface area contributed by atoms with Gasteiger partial charge in [0.05, 0.1) is 19.6 Å². The molecule has 2 rings (SSSR count). The molecular weight excluding hydrogens is 382 g/mol. The van der Waals surface area contributed by atoms with Crippen molar-refractivity contribution in [3.63, 3.8) is 0 Å². The highest BCUT2D eigenvalue weighted by Gasteiger charge is 2.38. The lowest BCUT2D eigenvalue weighted by atomic mass is 9.81. The van der Waals surface area contributed by atoms with Crippen LogP contribution >= 0.6 is 12.4 Å². The van der Waals surface area contributed by atoms with Crippen molar-refractivity contribution in [2.45, 2.75) is 26.7 Å². The maximum Gasteiger partial charge on any atom is 0.254 e. The minimum atomic E-state index is -0.491. The van der Waals surface area contributed by atoms with E-state index < -0.39 is 5.41 Å². The summed E-state index contributed by atoms with van der Waals surface area (Å²) in [6, 6.07) is 5.14. The Morgan fingerprint density at radius 2 is 1.54 bits per heavy atom. The van der Waals surface area contributed by atoms with Gasteiger partial charge in [-0.2, -0.15) is 0 Å². The smallest absolute Gasteiger partial charge is 0.254 e. The molecule has 0 saturated carbocycles. The first-order valence-corrected chi connectivity index (χ1v) is 9.47. The molecule has 1 aliphatic heterocycles. The molecule has 0 unspecified atom stereocenters. The van der Waals surface area contributed by atoms with Crippen LogP contribution in [0, 0.1) is 5.41 Å². The third-order valence-electron chi connectivity index (χ3n) is 5.68. The predicted octanol–water partition coefficient (Wildman–Crippen LogP) is 2.18. The number of rotatable bonds is 7. The van der Waals surface area contributed by atoms with Gasteiger partial charge < -0.3 is 25.0 Å². The molecule has 1 heterocycles. The molecule has 1 aromatic rings. The highest BCUT2D eigenvalue weighted by molar-refractivity contribution is 5.95. The van der Waals surface area contributed by atoms with Gasteiger partial charge in [0.1, 0.15) is 0 Å². The van der Waals surface area contributed by atoms with Crippen LogP contribution in [0.5, 0.6) is 11.5 Å². The van der Waals surface area contributed by atoms with E-state index in [0.29, 0.717) is 49.8 Å². The number of nitrogens with two attached hydrogens (primary N) is 1. The quantitative estimate of drug-likeness (QED) is 0.740. The van der Waals surface area contributed by atoms with Crippen LogP contribution in [-0.2, 0) is 4.79 Å². The SMILES string of the molecule is CCC(CC)(CN)C(=O)N1CCN(C(=O)c2ccc(OC)c(OC)c2)CC1.Cl. The standard InChI is InChI=1S/C20H31N3O4.ClH/c1-5-20(6-2,14-21)19(25)23-11-9-22(10-12-23)18(24)15-7-8-16(26-3)17(13-15)27-4;/h7-8,13H,5-6,9-12,14,21H2,1-4H3;1H. The summed E-state index contributed by atoms with van der Waals surface area (Å²) < 4.78 is 10.5. The highest BCUT2D eigenvalue weighted by atomic mass is 35.5. The van der Waals surface area contributed by atoms with Crippen molar-refractivity contribution in [3.05, 3.63) is 23.8 Å². The van der Waals surface area contributed by atoms with Crippen LogP contribution in [0.2, 0.25) is 0 Å². The molecule has 7 nitrogen and oxygen atoms in total. The van der Waals surface area contributed by atoms with Gasteiger partial charge in [0.15, 0.2) is 11.5 Å². The zero-order chi connectivity index (χ0) is 20.0. The van der Waals surface area contributed by atoms with E-state index in [1.165, 1.54) is 0 Å². The number of ether oxygens (including phenoxy) is 2. The topological polar surface area (TPSA) is 85.1 Å². The van der Waals surface area contributed by atoms with Crippen LogP contribution in [0.25, 0.3) is 0 Å². The summed E-state index contributed by atoms with van der Waals surface area (Å²) in [6.07, 6.45) is 1.45. The van der Waals surface area contributed by atoms with Gasteiger partial charge in [-0.1, -0.05) is 13.8 Å². The van der Waals surface area contributed by atoms with Gasteiger partial charge in [0.2, 0.25) is 5.91 Å². The molecule has 0 radical (unpaired) electrons. The molecule has 0 spiro atoms. The van der Waals surface area contributed by atoms with Crippen LogP contribution in [0.3, 0.4) is 0 Å². The Hall–Kier alpha value is -1.99. The average molecular weight is 414 g/mol. The summed E-state index contributed by atoms with van der Waals surface area (Å²) in [4.78, 5) is 29.4. The van der Waals surface area contributed by atoms with E-state index in [4.69, 9.17) is 15.2 Å². The fourth-order valence-corrected chi connectivity index (χ4v) is 3.53. The lowest BCUT2D eigenvalue weighted by Crippen LogP contribution is -2.55. The summed E-state index contributed by atoms with van der Waals surface area (Å²) in [6.45, 7) is 6.43. The van der Waals surface area contributed by atoms with Crippen molar-refractivity contribution in [1.29, 1.82) is 0 Å². The highest BCUT2D eigenvalue weighted by Crippen LogP contribution is 2.30. The lowest BCUT2D eigenvalue weighted by Gasteiger charge is -2.40. The second-order valence-corrected chi connectivity index (χ2v) is 6.85. The molecule has 1 saturated heterocycles. The third-order valence-corrected chi connectivity index (χ3v) is 5.68. The normalized spacial score (nSPS) is 14.3. The number of carbonyl (C=O) groups excluding carboxylic acids is 2. The summed E-state index contributed by atoms with van der Waals surface area (Å²) in [5, 5.41) is 0. The van der Waals surface area contributed by atoms with E-state index in [9.17, 15) is 9.59 Å². The molecular formula is C20H32ClN3O4. The molecule has 2 N–H and O–H groups in total. The number of carbonyl (C=O) groups is 2. The lowest BCUT2D eigenvalue weighted by molar-refractivity contribution is -0.143. The van der Waals surface area contributed by atoms with Crippen LogP contribution in [-0.4, -0.2) is 68.6 Å². The number of halogens is 1. The number of piperazine rings is 1. The first-order chi connectivity index (χ1) is 13.0. The fraction of sp³-hybridized carbons (Fsp3) is 0.600. The Labute approximate surface area is 173 Å². The van der Waals surface area contributed by atoms with E-state index in [1.54, 1.807) is 37.3 Å². The van der Waals surface area contributed by atoms with Gasteiger partial charge in [-0.25, -0.2) is 0 Å². The molecule has 0 atom stereocenters. The Kier molecular flexibility index (Phi) is 9.04. The maximum atomic E-state index is 12.9. The number of hydrogen-bond donors (Lipinski definition) is 1. The molecule has 0 aliphatic carbocycles. The molecule has 1 aliphatic rings. The van der Waals surface area contributed by atoms with E-state index >= 15 is 0 Å². The second kappa shape index (κ2) is 10.5. The van der Waals surface area contributed by atoms with Crippen molar-refractivity contribution in [3.8, 4) is 11.5 Å². The van der Waals surface area contributed by atoms with Crippen molar-refractivity contribution in [2.75, 3.05) is 46.9 Å². The molecule has 0 aromatic heterocycles. The van der Waals surface area contributed by atoms with E-state index in [-0.39, 0.29) is 24.2 Å². The maximum absolute atomic E-state index is 12.9. The van der Waals surface area contributed by atoms with Gasteiger partial charge in [0.25, 0.3) is 5.91 Å². The molecule has 28 heavy (non-hydrogen) atoms. The number of hydrogen-bond acceptors (Lipinski definition) is 5. The number of benzene rings is 1. The Balaban J connectivity index is 0.00000392. The average Bonchev–Trinajstić information content (AvgIpc) is 2.74. The van der Waals surface area contributed by atoms with E-state index in [1.807, 2.05) is 18.7 Å². The van der Waals surface area contributed by atoms with Crippen molar-refractivity contribution < 1.29 is 19.1 Å². The first-order valence-electron chi connectivity index (χ1n) is 9.47. The van der Waals surface area contributed by atoms with E-state index in [0.717, 1.165) is 12.8 Å². The van der Waals surface area contributed by atoms with Crippen molar-refractivity contribution >= 4 is 24.2 Å². The van der Waals surface area contributed by atoms with Gasteiger partial charge >= 0.3 is 0 Å². The summed E-state index contributed by atoms with van der Waals surface area (Å²) >= 11 is 0. The third kappa shape index (κ3) is 4.70. The van der Waals surface area contributed by atoms with Crippen LogP contribution in [0.15, 0.2) is 18.2 Å². The van der Waals surface area contributed by atoms with Gasteiger partial charge in [0, 0.05) is 38.3 Å². The molecule has 2 amide bonds. The van der Waals surface area contributed by atoms with Crippen LogP contribution in [0.1, 0.15) is 37.0 Å². The number of nitrogens with zero attached hydrogens (tertiary/aromatic N) is 2. The van der Waals surface area contributed by atoms with Crippen molar-refractivity contribution in [1.82, 2.24) is 9.80 Å². The number of amides is 2. The minimum absolute atomic E-state index is 0. The monoisotopic (exact) mass is 413 g/mol. The summed E-state index contributed by atoms with van der Waals surface area (Å²) in [5.41, 5.74) is 5.96. The van der Waals surface area contributed by atoms with Gasteiger partial charge in [-0.05, 0) is 31.0 Å². The van der Waals surface area contributed by atoms with Gasteiger partial charge in [-0.3, -0.25) is 9.59 Å². The van der Waals surface area contributed by atoms with Gasteiger partial charge in [-0.15, -0.1) is 12.4 Å². The van der Waals surface area contributed by atoms with Crippen molar-refractivity contribution in [2.24, 2.45) is 11.1 Å². The molecule has 1 fully saturated rings. The largest absolute Gasteiger partial charge is 0.493 e. The second-order valence-electron chi connectivity index (χ2n) is 6.85. The Bertz CT molecular complexity index is 663. The minimum Gasteiger partial charge on any atom is -0.493 e. The van der Waals surface area contributed by atoms with Crippen LogP contribution in [0.4, 0.5) is 0 Å². The Morgan fingerprint density at radius 3 is 2.00 bits per heavy atom. The zero-order valence-corrected chi connectivity index (χ0v) is 18.0. The Morgan fingerprint density at radius 1 is 1.00 bits per heavy atom. The fourth-order valence-electron chi connectivity index (χ4n) is 3.53. The summed E-state index contributed by atoms with van der Waals surface area (Å²) in [7, 11) is 3.10. The summed E-state index contributed by atoms with van der Waals surface area (Å²) in [5.74, 6) is 1.14. The first kappa shape index (κ1) is 24.0. The number of methoxy groups -OCH3 is 2. The zero-order valence-electron chi connectivity index (χ0n) is 17.2. The molecule has 1 aromatic carbocycles. The van der Waals surface area contributed by atoms with E-state index in [2.05, 4.69) is 0 Å². The van der Waals surface area contributed by atoms with Crippen LogP contribution < -0.4 is 15.2 Å². The molecule has 0 bridgehead atoms.